The summed E-state index contributed by atoms with van der Waals surface area (Å²) < 4.78 is 5.38. The van der Waals surface area contributed by atoms with Gasteiger partial charge in [-0.25, -0.2) is 9.59 Å². The van der Waals surface area contributed by atoms with E-state index in [1.807, 2.05) is 0 Å². The number of urea groups is 1. The third kappa shape index (κ3) is 4.59. The van der Waals surface area contributed by atoms with E-state index in [-0.39, 0.29) is 37.2 Å². The van der Waals surface area contributed by atoms with Crippen molar-refractivity contribution >= 4 is 36.7 Å². The summed E-state index contributed by atoms with van der Waals surface area (Å²) in [6, 6.07) is 2.77. The molecule has 1 aromatic rings. The Hall–Kier alpha value is -3.41. The molecule has 32 heavy (non-hydrogen) atoms. The largest absolute Gasteiger partial charge is 0.535 e. The minimum Gasteiger partial charge on any atom is -0.535 e. The number of benzene rings is 1. The summed E-state index contributed by atoms with van der Waals surface area (Å²) >= 11 is 0. The van der Waals surface area contributed by atoms with Crippen LogP contribution in [0.5, 0.6) is 5.75 Å². The van der Waals surface area contributed by atoms with E-state index in [0.29, 0.717) is 12.1 Å². The van der Waals surface area contributed by atoms with Gasteiger partial charge in [0.1, 0.15) is 5.75 Å². The van der Waals surface area contributed by atoms with Gasteiger partial charge >= 0.3 is 30.9 Å². The highest BCUT2D eigenvalue weighted by molar-refractivity contribution is 6.47. The average Bonchev–Trinajstić information content (AvgIpc) is 2.75. The van der Waals surface area contributed by atoms with Crippen molar-refractivity contribution in [2.24, 2.45) is 0 Å². The van der Waals surface area contributed by atoms with Crippen LogP contribution in [0.15, 0.2) is 18.2 Å². The number of nitrogens with zero attached hydrogens (tertiary/aromatic N) is 2. The Balaban J connectivity index is 1.61. The fraction of sp³-hybridized carbons (Fsp3) is 0.450. The van der Waals surface area contributed by atoms with E-state index in [4.69, 9.17) is 4.65 Å². The number of nitrogens with one attached hydrogen (secondary N) is 1. The van der Waals surface area contributed by atoms with Gasteiger partial charge in [0.05, 0.1) is 11.6 Å². The summed E-state index contributed by atoms with van der Waals surface area (Å²) in [5.74, 6) is -3.88. The van der Waals surface area contributed by atoms with Gasteiger partial charge in [-0.15, -0.1) is 0 Å². The number of ketones is 1. The molecule has 1 fully saturated rings. The van der Waals surface area contributed by atoms with E-state index in [1.54, 1.807) is 19.1 Å². The molecule has 1 saturated heterocycles. The van der Waals surface area contributed by atoms with Gasteiger partial charge < -0.3 is 25.0 Å². The van der Waals surface area contributed by atoms with Gasteiger partial charge in [0.15, 0.2) is 5.78 Å². The summed E-state index contributed by atoms with van der Waals surface area (Å²) in [4.78, 5) is 62.6. The second kappa shape index (κ2) is 9.39. The van der Waals surface area contributed by atoms with E-state index in [0.717, 1.165) is 4.90 Å². The van der Waals surface area contributed by atoms with Gasteiger partial charge in [-0.05, 0) is 31.9 Å². The number of aromatic carboxylic acids is 1. The van der Waals surface area contributed by atoms with Crippen molar-refractivity contribution in [1.82, 2.24) is 15.1 Å². The zero-order valence-electron chi connectivity index (χ0n) is 17.7. The van der Waals surface area contributed by atoms with Crippen molar-refractivity contribution in [2.75, 3.05) is 19.6 Å². The number of carboxylic acids is 1. The number of imide groups is 1. The average molecular weight is 445 g/mol. The lowest BCUT2D eigenvalue weighted by molar-refractivity contribution is -0.153. The summed E-state index contributed by atoms with van der Waals surface area (Å²) in [6.07, 6.45) is 0.0752. The summed E-state index contributed by atoms with van der Waals surface area (Å²) in [7, 11) is -1.39. The second-order valence-electron chi connectivity index (χ2n) is 7.75. The number of carbonyl (C=O) groups excluding carboxylic acids is 4. The normalized spacial score (nSPS) is 19.2. The Labute approximate surface area is 184 Å². The first kappa shape index (κ1) is 23.3. The topological polar surface area (TPSA) is 154 Å². The zero-order valence-corrected chi connectivity index (χ0v) is 17.7. The monoisotopic (exact) mass is 445 g/mol. The molecule has 0 saturated carbocycles. The molecule has 2 heterocycles. The van der Waals surface area contributed by atoms with E-state index in [9.17, 15) is 34.1 Å². The van der Waals surface area contributed by atoms with Crippen molar-refractivity contribution in [3.8, 4) is 5.75 Å². The minimum atomic E-state index is -1.39. The number of para-hydroxylation sites is 1. The molecule has 12 heteroatoms. The van der Waals surface area contributed by atoms with E-state index < -0.39 is 48.6 Å². The molecule has 11 nitrogen and oxygen atoms in total. The molecule has 2 aliphatic heterocycles. The Morgan fingerprint density at radius 1 is 1.25 bits per heavy atom. The smallest absolute Gasteiger partial charge is 0.526 e. The van der Waals surface area contributed by atoms with E-state index in [2.05, 4.69) is 5.32 Å². The van der Waals surface area contributed by atoms with Crippen molar-refractivity contribution in [2.45, 2.75) is 38.5 Å². The van der Waals surface area contributed by atoms with Crippen molar-refractivity contribution < 1.29 is 38.8 Å². The molecule has 170 valence electrons. The van der Waals surface area contributed by atoms with Crippen LogP contribution in [0.2, 0.25) is 5.82 Å². The first-order valence-electron chi connectivity index (χ1n) is 10.3. The highest BCUT2D eigenvalue weighted by atomic mass is 16.5. The maximum absolute atomic E-state index is 12.7. The lowest BCUT2D eigenvalue weighted by Gasteiger charge is -2.32. The number of rotatable bonds is 6. The molecule has 3 N–H and O–H groups in total. The van der Waals surface area contributed by atoms with E-state index >= 15 is 0 Å². The molecule has 2 aliphatic rings. The van der Waals surface area contributed by atoms with Gasteiger partial charge in [0.25, 0.3) is 0 Å². The molecule has 1 aromatic carbocycles. The molecule has 3 rings (SSSR count). The number of carbonyl (C=O) groups is 5. The van der Waals surface area contributed by atoms with Crippen LogP contribution in [0.25, 0.3) is 0 Å². The SMILES string of the molecule is CCN1CCN(C(=O)N[C@@H](C)C(=O)C[C@H]2Cc3cccc(C(=O)O)c3OB2O)C(=O)C1=O. The molecular formula is C20H24BN3O8. The van der Waals surface area contributed by atoms with Crippen LogP contribution in [0, 0.1) is 0 Å². The van der Waals surface area contributed by atoms with E-state index in [1.165, 1.54) is 17.9 Å². The summed E-state index contributed by atoms with van der Waals surface area (Å²) in [6.45, 7) is 3.79. The number of carboxylic acid groups (broad SMARTS) is 1. The predicted molar refractivity (Wildman–Crippen MR) is 111 cm³/mol. The molecule has 0 bridgehead atoms. The third-order valence-corrected chi connectivity index (χ3v) is 5.67. The molecule has 0 aromatic heterocycles. The quantitative estimate of drug-likeness (QED) is 0.406. The molecule has 0 spiro atoms. The Bertz CT molecular complexity index is 968. The van der Waals surface area contributed by atoms with Crippen LogP contribution in [-0.2, 0) is 20.8 Å². The van der Waals surface area contributed by atoms with Crippen molar-refractivity contribution in [1.29, 1.82) is 0 Å². The van der Waals surface area contributed by atoms with Gasteiger partial charge in [-0.1, -0.05) is 12.1 Å². The van der Waals surface area contributed by atoms with Gasteiger partial charge in [-0.3, -0.25) is 19.3 Å². The van der Waals surface area contributed by atoms with Crippen LogP contribution < -0.4 is 9.97 Å². The third-order valence-electron chi connectivity index (χ3n) is 5.67. The van der Waals surface area contributed by atoms with Crippen LogP contribution in [0.4, 0.5) is 4.79 Å². The molecule has 0 aliphatic carbocycles. The lowest BCUT2D eigenvalue weighted by atomic mass is 9.64. The molecule has 2 atom stereocenters. The highest BCUT2D eigenvalue weighted by Gasteiger charge is 2.39. The molecule has 0 radical (unpaired) electrons. The number of hydrogen-bond acceptors (Lipinski definition) is 7. The zero-order chi connectivity index (χ0) is 23.6. The first-order valence-corrected chi connectivity index (χ1v) is 10.3. The second-order valence-corrected chi connectivity index (χ2v) is 7.75. The predicted octanol–water partition coefficient (Wildman–Crippen LogP) is -0.0816. The number of amides is 4. The fourth-order valence-corrected chi connectivity index (χ4v) is 3.78. The first-order chi connectivity index (χ1) is 15.1. The fourth-order valence-electron chi connectivity index (χ4n) is 3.78. The van der Waals surface area contributed by atoms with Gasteiger partial charge in [-0.2, -0.15) is 0 Å². The minimum absolute atomic E-state index is 0.0308. The maximum atomic E-state index is 12.7. The van der Waals surface area contributed by atoms with Crippen molar-refractivity contribution in [3.05, 3.63) is 29.3 Å². The Morgan fingerprint density at radius 3 is 2.62 bits per heavy atom. The number of hydrogen-bond donors (Lipinski definition) is 3. The van der Waals surface area contributed by atoms with Gasteiger partial charge in [0, 0.05) is 31.9 Å². The van der Waals surface area contributed by atoms with Crippen LogP contribution in [-0.4, -0.2) is 82.3 Å². The van der Waals surface area contributed by atoms with Crippen LogP contribution in [0.3, 0.4) is 0 Å². The molecule has 4 amide bonds. The van der Waals surface area contributed by atoms with Crippen LogP contribution >= 0.6 is 0 Å². The Morgan fingerprint density at radius 2 is 1.97 bits per heavy atom. The molecule has 0 unspecified atom stereocenters. The summed E-state index contributed by atoms with van der Waals surface area (Å²) in [5, 5.41) is 22.0. The number of fused-ring (bicyclic) bond motifs is 1. The standard InChI is InChI=1S/C20H24BN3O8/c1-3-23-7-8-24(18(27)17(23)26)20(30)22-11(2)15(25)10-13-9-12-5-4-6-14(19(28)29)16(12)32-21(13)31/h4-6,11,13,31H,3,7-10H2,1-2H3,(H,22,30)(H,28,29)/t11-,13+/m0/s1. The maximum Gasteiger partial charge on any atom is 0.526 e. The number of piperazine rings is 1. The Kier molecular flexibility index (Phi) is 6.82. The molecular weight excluding hydrogens is 421 g/mol. The number of Topliss-reactive ketones (excluding diaryl/α,β-unsaturated/α-hetero) is 1. The summed E-state index contributed by atoms with van der Waals surface area (Å²) in [5.41, 5.74) is 0.483. The number of likely N-dealkylation sites (N-methyl/N-ethyl adjacent to an activating group) is 1. The van der Waals surface area contributed by atoms with Crippen molar-refractivity contribution in [3.63, 3.8) is 0 Å². The highest BCUT2D eigenvalue weighted by Crippen LogP contribution is 2.36. The van der Waals surface area contributed by atoms with Gasteiger partial charge in [0.2, 0.25) is 0 Å². The van der Waals surface area contributed by atoms with Crippen LogP contribution in [0.1, 0.15) is 36.2 Å². The lowest BCUT2D eigenvalue weighted by Crippen LogP contribution is -2.59.